The number of nitrogens with one attached hydrogen (secondary N) is 1. The van der Waals surface area contributed by atoms with Gasteiger partial charge in [-0.3, -0.25) is 0 Å². The molecule has 1 fully saturated rings. The molecule has 1 aliphatic heterocycles. The van der Waals surface area contributed by atoms with Crippen molar-refractivity contribution in [3.63, 3.8) is 0 Å². The molecule has 0 bridgehead atoms. The second-order valence-electron chi connectivity index (χ2n) is 5.36. The Hall–Kier alpha value is -1.16. The summed E-state index contributed by atoms with van der Waals surface area (Å²) >= 11 is 0. The minimum Gasteiger partial charge on any atom is -0.355 e. The van der Waals surface area contributed by atoms with Gasteiger partial charge in [0.2, 0.25) is 0 Å². The van der Waals surface area contributed by atoms with Crippen molar-refractivity contribution >= 4 is 5.82 Å². The molecule has 106 valence electrons. The van der Waals surface area contributed by atoms with Crippen molar-refractivity contribution in [2.75, 3.05) is 24.5 Å². The number of nitrogens with zero attached hydrogens (tertiary/aromatic N) is 3. The van der Waals surface area contributed by atoms with Gasteiger partial charge in [-0.2, -0.15) is 0 Å². The van der Waals surface area contributed by atoms with Crippen LogP contribution in [0.2, 0.25) is 0 Å². The molecule has 4 nitrogen and oxygen atoms in total. The third kappa shape index (κ3) is 3.90. The first-order valence-corrected chi connectivity index (χ1v) is 7.55. The van der Waals surface area contributed by atoms with Crippen molar-refractivity contribution in [3.8, 4) is 0 Å². The van der Waals surface area contributed by atoms with E-state index in [0.29, 0.717) is 6.04 Å². The van der Waals surface area contributed by atoms with Gasteiger partial charge in [-0.15, -0.1) is 0 Å². The molecule has 0 aliphatic carbocycles. The average molecular weight is 262 g/mol. The van der Waals surface area contributed by atoms with Crippen LogP contribution < -0.4 is 10.2 Å². The van der Waals surface area contributed by atoms with Gasteiger partial charge in [0.25, 0.3) is 0 Å². The molecule has 1 aliphatic rings. The van der Waals surface area contributed by atoms with E-state index in [4.69, 9.17) is 0 Å². The first kappa shape index (κ1) is 14.3. The summed E-state index contributed by atoms with van der Waals surface area (Å²) in [5, 5.41) is 3.57. The van der Waals surface area contributed by atoms with Crippen molar-refractivity contribution in [1.82, 2.24) is 15.3 Å². The number of anilines is 1. The van der Waals surface area contributed by atoms with E-state index in [1.807, 2.05) is 6.92 Å². The fourth-order valence-electron chi connectivity index (χ4n) is 2.70. The molecule has 1 atom stereocenters. The second-order valence-corrected chi connectivity index (χ2v) is 5.36. The van der Waals surface area contributed by atoms with Crippen LogP contribution in [0.5, 0.6) is 0 Å². The summed E-state index contributed by atoms with van der Waals surface area (Å²) in [6.07, 6.45) is 4.70. The molecule has 0 aromatic carbocycles. The highest BCUT2D eigenvalue weighted by Gasteiger charge is 2.19. The topological polar surface area (TPSA) is 41.0 Å². The summed E-state index contributed by atoms with van der Waals surface area (Å²) in [5.74, 6) is 1.98. The summed E-state index contributed by atoms with van der Waals surface area (Å²) in [5.41, 5.74) is 1.14. The lowest BCUT2D eigenvalue weighted by Crippen LogP contribution is -2.38. The monoisotopic (exact) mass is 262 g/mol. The van der Waals surface area contributed by atoms with E-state index in [-0.39, 0.29) is 0 Å². The normalized spacial score (nSPS) is 18.8. The highest BCUT2D eigenvalue weighted by atomic mass is 15.2. The van der Waals surface area contributed by atoms with Crippen LogP contribution in [0.3, 0.4) is 0 Å². The summed E-state index contributed by atoms with van der Waals surface area (Å²) in [7, 11) is 0. The van der Waals surface area contributed by atoms with Gasteiger partial charge < -0.3 is 10.2 Å². The zero-order valence-corrected chi connectivity index (χ0v) is 12.4. The van der Waals surface area contributed by atoms with Crippen LogP contribution in [-0.4, -0.2) is 35.6 Å². The average Bonchev–Trinajstić information content (AvgIpc) is 2.90. The fourth-order valence-corrected chi connectivity index (χ4v) is 2.70. The SMILES string of the molecule is CCCN(CC1CCCN1)c1cc(CC)nc(C)n1. The molecule has 4 heteroatoms. The van der Waals surface area contributed by atoms with Crippen LogP contribution >= 0.6 is 0 Å². The molecule has 2 heterocycles. The van der Waals surface area contributed by atoms with E-state index in [0.717, 1.165) is 49.8 Å². The molecule has 0 radical (unpaired) electrons. The Morgan fingerprint density at radius 3 is 2.84 bits per heavy atom. The van der Waals surface area contributed by atoms with E-state index < -0.39 is 0 Å². The Morgan fingerprint density at radius 1 is 1.37 bits per heavy atom. The quantitative estimate of drug-likeness (QED) is 0.854. The summed E-state index contributed by atoms with van der Waals surface area (Å²) in [6.45, 7) is 9.65. The van der Waals surface area contributed by atoms with Crippen LogP contribution in [0.25, 0.3) is 0 Å². The van der Waals surface area contributed by atoms with Crippen molar-refractivity contribution in [3.05, 3.63) is 17.6 Å². The van der Waals surface area contributed by atoms with Crippen molar-refractivity contribution < 1.29 is 0 Å². The van der Waals surface area contributed by atoms with Gasteiger partial charge in [-0.1, -0.05) is 13.8 Å². The van der Waals surface area contributed by atoms with E-state index in [9.17, 15) is 0 Å². The molecule has 19 heavy (non-hydrogen) atoms. The van der Waals surface area contributed by atoms with Crippen LogP contribution in [-0.2, 0) is 6.42 Å². The largest absolute Gasteiger partial charge is 0.355 e. The van der Waals surface area contributed by atoms with Gasteiger partial charge in [-0.25, -0.2) is 9.97 Å². The molecule has 1 saturated heterocycles. The van der Waals surface area contributed by atoms with Crippen molar-refractivity contribution in [2.45, 2.75) is 52.5 Å². The molecule has 1 N–H and O–H groups in total. The summed E-state index contributed by atoms with van der Waals surface area (Å²) in [4.78, 5) is 11.5. The third-order valence-electron chi connectivity index (χ3n) is 3.66. The highest BCUT2D eigenvalue weighted by molar-refractivity contribution is 5.40. The number of aryl methyl sites for hydroxylation is 2. The van der Waals surface area contributed by atoms with Crippen molar-refractivity contribution in [1.29, 1.82) is 0 Å². The van der Waals surface area contributed by atoms with Crippen LogP contribution in [0.15, 0.2) is 6.07 Å². The Kier molecular flexibility index (Phi) is 5.14. The van der Waals surface area contributed by atoms with Gasteiger partial charge in [0.15, 0.2) is 0 Å². The van der Waals surface area contributed by atoms with E-state index in [1.165, 1.54) is 12.8 Å². The molecule has 0 amide bonds. The Labute approximate surface area is 116 Å². The maximum atomic E-state index is 4.63. The second kappa shape index (κ2) is 6.85. The van der Waals surface area contributed by atoms with Gasteiger partial charge in [0.1, 0.15) is 11.6 Å². The van der Waals surface area contributed by atoms with Gasteiger partial charge >= 0.3 is 0 Å². The number of rotatable bonds is 6. The Balaban J connectivity index is 2.14. The zero-order valence-electron chi connectivity index (χ0n) is 12.4. The maximum absolute atomic E-state index is 4.63. The Morgan fingerprint density at radius 2 is 2.21 bits per heavy atom. The zero-order chi connectivity index (χ0) is 13.7. The highest BCUT2D eigenvalue weighted by Crippen LogP contribution is 2.16. The smallest absolute Gasteiger partial charge is 0.132 e. The maximum Gasteiger partial charge on any atom is 0.132 e. The predicted molar refractivity (Wildman–Crippen MR) is 79.7 cm³/mol. The van der Waals surface area contributed by atoms with E-state index in [2.05, 4.69) is 40.1 Å². The van der Waals surface area contributed by atoms with E-state index >= 15 is 0 Å². The minimum absolute atomic E-state index is 0.617. The molecule has 2 rings (SSSR count). The lowest BCUT2D eigenvalue weighted by Gasteiger charge is -2.27. The fraction of sp³-hybridized carbons (Fsp3) is 0.733. The summed E-state index contributed by atoms with van der Waals surface area (Å²) in [6, 6.07) is 2.77. The third-order valence-corrected chi connectivity index (χ3v) is 3.66. The van der Waals surface area contributed by atoms with Gasteiger partial charge in [-0.05, 0) is 39.2 Å². The van der Waals surface area contributed by atoms with Crippen molar-refractivity contribution in [2.24, 2.45) is 0 Å². The molecular formula is C15H26N4. The number of aromatic nitrogens is 2. The molecule has 1 aromatic heterocycles. The number of hydrogen-bond donors (Lipinski definition) is 1. The molecule has 1 aromatic rings. The standard InChI is InChI=1S/C15H26N4/c1-4-9-19(11-14-7-6-8-16-14)15-10-13(5-2)17-12(3)18-15/h10,14,16H,4-9,11H2,1-3H3. The van der Waals surface area contributed by atoms with Gasteiger partial charge in [0, 0.05) is 30.9 Å². The first-order chi connectivity index (χ1) is 9.22. The molecule has 0 saturated carbocycles. The van der Waals surface area contributed by atoms with Crippen LogP contribution in [0.1, 0.15) is 44.6 Å². The molecule has 1 unspecified atom stereocenters. The number of hydrogen-bond acceptors (Lipinski definition) is 4. The van der Waals surface area contributed by atoms with Crippen LogP contribution in [0, 0.1) is 6.92 Å². The Bertz CT molecular complexity index is 399. The lowest BCUT2D eigenvalue weighted by atomic mass is 10.2. The van der Waals surface area contributed by atoms with Crippen LogP contribution in [0.4, 0.5) is 5.82 Å². The lowest BCUT2D eigenvalue weighted by molar-refractivity contribution is 0.574. The first-order valence-electron chi connectivity index (χ1n) is 7.55. The molecule has 0 spiro atoms. The molecular weight excluding hydrogens is 236 g/mol. The minimum atomic E-state index is 0.617. The summed E-state index contributed by atoms with van der Waals surface area (Å²) < 4.78 is 0. The van der Waals surface area contributed by atoms with Gasteiger partial charge in [0.05, 0.1) is 0 Å². The van der Waals surface area contributed by atoms with E-state index in [1.54, 1.807) is 0 Å². The predicted octanol–water partition coefficient (Wildman–Crippen LogP) is 2.32.